The van der Waals surface area contributed by atoms with Crippen LogP contribution in [-0.2, 0) is 16.1 Å². The van der Waals surface area contributed by atoms with Gasteiger partial charge in [-0.2, -0.15) is 0 Å². The number of imidazole rings is 1. The van der Waals surface area contributed by atoms with Crippen LogP contribution in [-0.4, -0.2) is 30.3 Å². The summed E-state index contributed by atoms with van der Waals surface area (Å²) in [7, 11) is 1.65. The molecule has 1 aromatic carbocycles. The molecule has 0 aliphatic heterocycles. The zero-order chi connectivity index (χ0) is 11.4. The molecule has 0 aliphatic rings. The first-order chi connectivity index (χ1) is 7.79. The molecule has 0 saturated carbocycles. The molecule has 0 fully saturated rings. The standard InChI is InChI=1S/C11H13BrN2O2/c1-15-4-5-16-7-11-13-9-3-2-8(12)6-10(9)14-11/h2-3,6H,4-5,7H2,1H3,(H,13,14). The van der Waals surface area contributed by atoms with Crippen molar-refractivity contribution in [2.75, 3.05) is 20.3 Å². The lowest BCUT2D eigenvalue weighted by Crippen LogP contribution is -2.02. The SMILES string of the molecule is COCCOCc1nc2ccc(Br)cc2[nH]1. The van der Waals surface area contributed by atoms with E-state index in [-0.39, 0.29) is 0 Å². The fraction of sp³-hybridized carbons (Fsp3) is 0.364. The minimum atomic E-state index is 0.482. The van der Waals surface area contributed by atoms with Gasteiger partial charge in [-0.3, -0.25) is 0 Å². The van der Waals surface area contributed by atoms with Gasteiger partial charge in [-0.15, -0.1) is 0 Å². The maximum absolute atomic E-state index is 5.39. The van der Waals surface area contributed by atoms with E-state index >= 15 is 0 Å². The van der Waals surface area contributed by atoms with E-state index in [0.29, 0.717) is 19.8 Å². The van der Waals surface area contributed by atoms with Gasteiger partial charge in [0.05, 0.1) is 24.2 Å². The first kappa shape index (κ1) is 11.6. The van der Waals surface area contributed by atoms with Crippen molar-refractivity contribution in [2.45, 2.75) is 6.61 Å². The van der Waals surface area contributed by atoms with Gasteiger partial charge < -0.3 is 14.5 Å². The van der Waals surface area contributed by atoms with Crippen molar-refractivity contribution in [1.29, 1.82) is 0 Å². The Morgan fingerprint density at radius 1 is 1.38 bits per heavy atom. The predicted molar refractivity (Wildman–Crippen MR) is 65.3 cm³/mol. The highest BCUT2D eigenvalue weighted by Gasteiger charge is 2.02. The van der Waals surface area contributed by atoms with Gasteiger partial charge in [-0.05, 0) is 18.2 Å². The summed E-state index contributed by atoms with van der Waals surface area (Å²) < 4.78 is 11.3. The summed E-state index contributed by atoms with van der Waals surface area (Å²) in [5.74, 6) is 0.837. The number of H-pyrrole nitrogens is 1. The Morgan fingerprint density at radius 2 is 2.25 bits per heavy atom. The molecule has 0 saturated heterocycles. The lowest BCUT2D eigenvalue weighted by atomic mass is 10.3. The molecule has 1 aromatic heterocycles. The van der Waals surface area contributed by atoms with E-state index in [1.807, 2.05) is 18.2 Å². The van der Waals surface area contributed by atoms with Gasteiger partial charge in [-0.1, -0.05) is 15.9 Å². The Kier molecular flexibility index (Phi) is 3.93. The number of ether oxygens (including phenoxy) is 2. The summed E-state index contributed by atoms with van der Waals surface area (Å²) in [6.07, 6.45) is 0. The number of benzene rings is 1. The topological polar surface area (TPSA) is 47.1 Å². The third-order valence-electron chi connectivity index (χ3n) is 2.16. The predicted octanol–water partition coefficient (Wildman–Crippen LogP) is 2.49. The lowest BCUT2D eigenvalue weighted by molar-refractivity contribution is 0.0590. The van der Waals surface area contributed by atoms with Crippen LogP contribution in [0.3, 0.4) is 0 Å². The summed E-state index contributed by atoms with van der Waals surface area (Å²) in [5, 5.41) is 0. The number of hydrogen-bond donors (Lipinski definition) is 1. The van der Waals surface area contributed by atoms with Crippen molar-refractivity contribution in [3.63, 3.8) is 0 Å². The number of methoxy groups -OCH3 is 1. The molecule has 2 rings (SSSR count). The molecule has 0 radical (unpaired) electrons. The maximum Gasteiger partial charge on any atom is 0.133 e. The summed E-state index contributed by atoms with van der Waals surface area (Å²) >= 11 is 3.42. The molecule has 0 bridgehead atoms. The molecule has 5 heteroatoms. The van der Waals surface area contributed by atoms with Gasteiger partial charge in [-0.25, -0.2) is 4.98 Å². The third-order valence-corrected chi connectivity index (χ3v) is 2.66. The number of nitrogens with one attached hydrogen (secondary N) is 1. The van der Waals surface area contributed by atoms with Gasteiger partial charge in [0.1, 0.15) is 12.4 Å². The average molecular weight is 285 g/mol. The molecule has 0 amide bonds. The summed E-state index contributed by atoms with van der Waals surface area (Å²) in [6.45, 7) is 1.67. The fourth-order valence-electron chi connectivity index (χ4n) is 1.41. The van der Waals surface area contributed by atoms with E-state index in [9.17, 15) is 0 Å². The molecule has 2 aromatic rings. The zero-order valence-electron chi connectivity index (χ0n) is 9.00. The molecule has 1 heterocycles. The van der Waals surface area contributed by atoms with Crippen LogP contribution in [0.1, 0.15) is 5.82 Å². The average Bonchev–Trinajstić information content (AvgIpc) is 2.66. The van der Waals surface area contributed by atoms with Gasteiger partial charge in [0.15, 0.2) is 0 Å². The first-order valence-electron chi connectivity index (χ1n) is 5.00. The van der Waals surface area contributed by atoms with Crippen molar-refractivity contribution in [1.82, 2.24) is 9.97 Å². The number of hydrogen-bond acceptors (Lipinski definition) is 3. The summed E-state index contributed by atoms with van der Waals surface area (Å²) in [5.41, 5.74) is 1.97. The minimum absolute atomic E-state index is 0.482. The van der Waals surface area contributed by atoms with Crippen molar-refractivity contribution in [3.05, 3.63) is 28.5 Å². The molecule has 0 aliphatic carbocycles. The molecule has 0 unspecified atom stereocenters. The first-order valence-corrected chi connectivity index (χ1v) is 5.80. The molecule has 4 nitrogen and oxygen atoms in total. The number of aromatic amines is 1. The number of halogens is 1. The van der Waals surface area contributed by atoms with E-state index in [1.165, 1.54) is 0 Å². The van der Waals surface area contributed by atoms with Gasteiger partial charge in [0, 0.05) is 11.6 Å². The number of fused-ring (bicyclic) bond motifs is 1. The highest BCUT2D eigenvalue weighted by atomic mass is 79.9. The highest BCUT2D eigenvalue weighted by molar-refractivity contribution is 9.10. The monoisotopic (exact) mass is 284 g/mol. The van der Waals surface area contributed by atoms with E-state index < -0.39 is 0 Å². The number of aromatic nitrogens is 2. The molecular weight excluding hydrogens is 272 g/mol. The highest BCUT2D eigenvalue weighted by Crippen LogP contribution is 2.17. The normalized spacial score (nSPS) is 11.1. The Morgan fingerprint density at radius 3 is 3.06 bits per heavy atom. The van der Waals surface area contributed by atoms with Crippen molar-refractivity contribution < 1.29 is 9.47 Å². The molecule has 16 heavy (non-hydrogen) atoms. The van der Waals surface area contributed by atoms with E-state index in [1.54, 1.807) is 7.11 Å². The van der Waals surface area contributed by atoms with E-state index in [2.05, 4.69) is 25.9 Å². The van der Waals surface area contributed by atoms with Crippen LogP contribution >= 0.6 is 15.9 Å². The molecule has 0 spiro atoms. The van der Waals surface area contributed by atoms with Crippen LogP contribution in [0.25, 0.3) is 11.0 Å². The van der Waals surface area contributed by atoms with Crippen LogP contribution in [0.15, 0.2) is 22.7 Å². The summed E-state index contributed by atoms with van der Waals surface area (Å²) in [6, 6.07) is 5.94. The van der Waals surface area contributed by atoms with Crippen molar-refractivity contribution in [2.24, 2.45) is 0 Å². The quantitative estimate of drug-likeness (QED) is 0.858. The van der Waals surface area contributed by atoms with Crippen molar-refractivity contribution >= 4 is 27.0 Å². The van der Waals surface area contributed by atoms with E-state index in [4.69, 9.17) is 9.47 Å². The van der Waals surface area contributed by atoms with Crippen LogP contribution in [0.2, 0.25) is 0 Å². The van der Waals surface area contributed by atoms with E-state index in [0.717, 1.165) is 21.3 Å². The largest absolute Gasteiger partial charge is 0.382 e. The van der Waals surface area contributed by atoms with Crippen LogP contribution in [0, 0.1) is 0 Å². The van der Waals surface area contributed by atoms with Crippen LogP contribution in [0.5, 0.6) is 0 Å². The van der Waals surface area contributed by atoms with Crippen LogP contribution < -0.4 is 0 Å². The molecule has 1 N–H and O–H groups in total. The summed E-state index contributed by atoms with van der Waals surface area (Å²) in [4.78, 5) is 7.62. The smallest absolute Gasteiger partial charge is 0.133 e. The Bertz CT molecular complexity index is 470. The third kappa shape index (κ3) is 2.81. The second-order valence-corrected chi connectivity index (χ2v) is 4.31. The van der Waals surface area contributed by atoms with Gasteiger partial charge in [0.25, 0.3) is 0 Å². The minimum Gasteiger partial charge on any atom is -0.382 e. The lowest BCUT2D eigenvalue weighted by Gasteiger charge is -1.99. The number of rotatable bonds is 5. The zero-order valence-corrected chi connectivity index (χ0v) is 10.6. The Labute approximate surface area is 102 Å². The molecular formula is C11H13BrN2O2. The molecule has 0 atom stereocenters. The number of nitrogens with zero attached hydrogens (tertiary/aromatic N) is 1. The van der Waals surface area contributed by atoms with Gasteiger partial charge in [0.2, 0.25) is 0 Å². The maximum atomic E-state index is 5.39. The second-order valence-electron chi connectivity index (χ2n) is 3.39. The Hall–Kier alpha value is -0.910. The second kappa shape index (κ2) is 5.43. The Balaban J connectivity index is 2.02. The van der Waals surface area contributed by atoms with Gasteiger partial charge >= 0.3 is 0 Å². The fourth-order valence-corrected chi connectivity index (χ4v) is 1.78. The van der Waals surface area contributed by atoms with Crippen molar-refractivity contribution in [3.8, 4) is 0 Å². The van der Waals surface area contributed by atoms with Crippen LogP contribution in [0.4, 0.5) is 0 Å². The molecule has 86 valence electrons.